The molecule has 1 aliphatic carbocycles. The maximum atomic E-state index is 15.3. The van der Waals surface area contributed by atoms with E-state index < -0.39 is 5.82 Å². The Labute approximate surface area is 248 Å². The molecular weight excluding hydrogens is 551 g/mol. The number of nitrogens with one attached hydrogen (secondary N) is 3. The van der Waals surface area contributed by atoms with Crippen LogP contribution in [0.25, 0.3) is 10.9 Å². The number of amides is 1. The van der Waals surface area contributed by atoms with E-state index in [1.807, 2.05) is 12.1 Å². The summed E-state index contributed by atoms with van der Waals surface area (Å²) in [6.07, 6.45) is 9.34. The fraction of sp³-hybridized carbons (Fsp3) is 0.323. The molecule has 3 heterocycles. The zero-order valence-corrected chi connectivity index (χ0v) is 23.8. The van der Waals surface area contributed by atoms with Gasteiger partial charge in [-0.2, -0.15) is 4.98 Å². The van der Waals surface area contributed by atoms with Crippen molar-refractivity contribution in [2.24, 2.45) is 0 Å². The second-order valence-electron chi connectivity index (χ2n) is 10.6. The maximum absolute atomic E-state index is 15.3. The molecule has 6 rings (SSSR count). The average Bonchev–Trinajstić information content (AvgIpc) is 3.00. The van der Waals surface area contributed by atoms with E-state index in [-0.39, 0.29) is 17.6 Å². The summed E-state index contributed by atoms with van der Waals surface area (Å²) in [5, 5.41) is 10.6. The normalized spacial score (nSPS) is 15.4. The van der Waals surface area contributed by atoms with Crippen LogP contribution in [0.3, 0.4) is 0 Å². The third-order valence-electron chi connectivity index (χ3n) is 7.78. The first-order valence-electron chi connectivity index (χ1n) is 14.3. The monoisotopic (exact) mass is 584 g/mol. The molecule has 1 saturated carbocycles. The van der Waals surface area contributed by atoms with Crippen LogP contribution in [0, 0.1) is 5.82 Å². The summed E-state index contributed by atoms with van der Waals surface area (Å²) in [7, 11) is 1.60. The lowest BCUT2D eigenvalue weighted by Crippen LogP contribution is -2.41. The highest BCUT2D eigenvalue weighted by molar-refractivity contribution is 5.95. The van der Waals surface area contributed by atoms with Crippen molar-refractivity contribution < 1.29 is 18.7 Å². The number of benzene rings is 2. The number of aromatic nitrogens is 4. The highest BCUT2D eigenvalue weighted by Gasteiger charge is 2.23. The largest absolute Gasteiger partial charge is 0.495 e. The molecule has 12 heteroatoms. The molecule has 0 radical (unpaired) electrons. The average molecular weight is 585 g/mol. The van der Waals surface area contributed by atoms with Crippen LogP contribution in [0.5, 0.6) is 17.4 Å². The molecule has 1 amide bonds. The number of hydrogen-bond acceptors (Lipinski definition) is 10. The van der Waals surface area contributed by atoms with Crippen molar-refractivity contribution in [3.05, 3.63) is 67.4 Å². The molecule has 1 saturated heterocycles. The molecule has 2 aliphatic rings. The van der Waals surface area contributed by atoms with Crippen molar-refractivity contribution in [2.45, 2.75) is 44.2 Å². The first-order valence-corrected chi connectivity index (χ1v) is 14.3. The third kappa shape index (κ3) is 6.42. The number of carbonyl (C=O) groups is 1. The van der Waals surface area contributed by atoms with Crippen molar-refractivity contribution >= 4 is 40.0 Å². The van der Waals surface area contributed by atoms with Gasteiger partial charge in [0.15, 0.2) is 0 Å². The molecule has 222 valence electrons. The van der Waals surface area contributed by atoms with Crippen LogP contribution in [0.15, 0.2) is 61.6 Å². The molecule has 2 fully saturated rings. The second-order valence-corrected chi connectivity index (χ2v) is 10.6. The zero-order chi connectivity index (χ0) is 29.8. The van der Waals surface area contributed by atoms with Crippen LogP contribution in [-0.2, 0) is 4.79 Å². The number of rotatable bonds is 10. The van der Waals surface area contributed by atoms with Crippen molar-refractivity contribution in [1.82, 2.24) is 24.8 Å². The van der Waals surface area contributed by atoms with Gasteiger partial charge in [0.1, 0.15) is 29.5 Å². The standard InChI is InChI=1S/C31H33FN8O3/c1-3-29(41)40-13-10-20(11-14-40)36-26-16-22-25(17-27(26)42-2)34-18-35-30(22)38-24-8-7-21(15-23(24)32)43-28-9-12-33-31(39-28)37-19-5-4-6-19/h3,7-9,12,15-20,36H,1,4-6,10-11,13-14H2,2H3,(H,33,37,39)(H,34,35,38). The molecule has 11 nitrogen and oxygen atoms in total. The van der Waals surface area contributed by atoms with Crippen LogP contribution in [0.1, 0.15) is 32.1 Å². The molecule has 2 aromatic carbocycles. The van der Waals surface area contributed by atoms with Crippen molar-refractivity contribution in [3.63, 3.8) is 0 Å². The van der Waals surface area contributed by atoms with Gasteiger partial charge in [-0.25, -0.2) is 19.3 Å². The lowest BCUT2D eigenvalue weighted by Gasteiger charge is -2.32. The van der Waals surface area contributed by atoms with Crippen LogP contribution in [0.4, 0.5) is 27.5 Å². The minimum absolute atomic E-state index is 0.0545. The molecule has 0 atom stereocenters. The number of nitrogens with zero attached hydrogens (tertiary/aromatic N) is 5. The van der Waals surface area contributed by atoms with Crippen LogP contribution >= 0.6 is 0 Å². The Kier molecular flexibility index (Phi) is 8.16. The van der Waals surface area contributed by atoms with Crippen molar-refractivity contribution in [3.8, 4) is 17.4 Å². The first-order chi connectivity index (χ1) is 21.0. The predicted molar refractivity (Wildman–Crippen MR) is 163 cm³/mol. The van der Waals surface area contributed by atoms with E-state index in [2.05, 4.69) is 42.5 Å². The van der Waals surface area contributed by atoms with Crippen LogP contribution in [-0.4, -0.2) is 63.0 Å². The zero-order valence-electron chi connectivity index (χ0n) is 23.8. The Morgan fingerprint density at radius 1 is 1.02 bits per heavy atom. The van der Waals surface area contributed by atoms with Gasteiger partial charge in [-0.05, 0) is 56.4 Å². The summed E-state index contributed by atoms with van der Waals surface area (Å²) in [5.74, 6) is 1.63. The number of methoxy groups -OCH3 is 1. The number of fused-ring (bicyclic) bond motifs is 1. The quantitative estimate of drug-likeness (QED) is 0.201. The first kappa shape index (κ1) is 28.1. The van der Waals surface area contributed by atoms with Gasteiger partial charge in [-0.1, -0.05) is 6.58 Å². The van der Waals surface area contributed by atoms with Gasteiger partial charge in [-0.15, -0.1) is 0 Å². The molecule has 4 aromatic rings. The fourth-order valence-electron chi connectivity index (χ4n) is 5.17. The van der Waals surface area contributed by atoms with Gasteiger partial charge < -0.3 is 30.3 Å². The van der Waals surface area contributed by atoms with E-state index in [1.54, 1.807) is 36.4 Å². The Hall–Kier alpha value is -5.00. The van der Waals surface area contributed by atoms with Crippen LogP contribution in [0.2, 0.25) is 0 Å². The van der Waals surface area contributed by atoms with E-state index >= 15 is 4.39 Å². The number of anilines is 4. The van der Waals surface area contributed by atoms with E-state index in [0.29, 0.717) is 59.2 Å². The number of hydrogen-bond donors (Lipinski definition) is 3. The molecule has 43 heavy (non-hydrogen) atoms. The van der Waals surface area contributed by atoms with Gasteiger partial charge in [0, 0.05) is 55.0 Å². The predicted octanol–water partition coefficient (Wildman–Crippen LogP) is 5.66. The number of ether oxygens (including phenoxy) is 2. The highest BCUT2D eigenvalue weighted by Crippen LogP contribution is 2.35. The SMILES string of the molecule is C=CC(=O)N1CCC(Nc2cc3c(Nc4ccc(Oc5ccnc(NC6CCC6)n5)cc4F)ncnc3cc2OC)CC1. The Morgan fingerprint density at radius 2 is 1.84 bits per heavy atom. The topological polar surface area (TPSA) is 126 Å². The lowest BCUT2D eigenvalue weighted by atomic mass is 9.93. The van der Waals surface area contributed by atoms with Gasteiger partial charge in [0.25, 0.3) is 0 Å². The summed E-state index contributed by atoms with van der Waals surface area (Å²) >= 11 is 0. The maximum Gasteiger partial charge on any atom is 0.245 e. The number of halogens is 1. The van der Waals surface area contributed by atoms with Gasteiger partial charge >= 0.3 is 0 Å². The van der Waals surface area contributed by atoms with Crippen molar-refractivity contribution in [1.29, 1.82) is 0 Å². The smallest absolute Gasteiger partial charge is 0.245 e. The van der Waals surface area contributed by atoms with Crippen LogP contribution < -0.4 is 25.4 Å². The van der Waals surface area contributed by atoms with E-state index in [4.69, 9.17) is 9.47 Å². The second kappa shape index (κ2) is 12.5. The lowest BCUT2D eigenvalue weighted by molar-refractivity contribution is -0.126. The van der Waals surface area contributed by atoms with Gasteiger partial charge in [0.2, 0.25) is 17.7 Å². The molecule has 0 bridgehead atoms. The van der Waals surface area contributed by atoms with E-state index in [9.17, 15) is 4.79 Å². The minimum Gasteiger partial charge on any atom is -0.495 e. The summed E-state index contributed by atoms with van der Waals surface area (Å²) in [5.41, 5.74) is 1.63. The summed E-state index contributed by atoms with van der Waals surface area (Å²) in [4.78, 5) is 31.2. The van der Waals surface area contributed by atoms with E-state index in [0.717, 1.165) is 31.4 Å². The van der Waals surface area contributed by atoms with E-state index in [1.165, 1.54) is 24.9 Å². The number of piperidine rings is 1. The van der Waals surface area contributed by atoms with Gasteiger partial charge in [-0.3, -0.25) is 4.79 Å². The number of likely N-dealkylation sites (tertiary alicyclic amines) is 1. The summed E-state index contributed by atoms with van der Waals surface area (Å²) in [6.45, 7) is 4.86. The fourth-order valence-corrected chi connectivity index (χ4v) is 5.17. The molecule has 2 aromatic heterocycles. The number of carbonyl (C=O) groups excluding carboxylic acids is 1. The summed E-state index contributed by atoms with van der Waals surface area (Å²) in [6, 6.07) is 10.4. The molecule has 3 N–H and O–H groups in total. The third-order valence-corrected chi connectivity index (χ3v) is 7.78. The Balaban J connectivity index is 1.18. The summed E-state index contributed by atoms with van der Waals surface area (Å²) < 4.78 is 26.7. The molecule has 0 unspecified atom stereocenters. The Morgan fingerprint density at radius 3 is 2.56 bits per heavy atom. The molecular formula is C31H33FN8O3. The Bertz CT molecular complexity index is 1640. The van der Waals surface area contributed by atoms with Crippen molar-refractivity contribution in [2.75, 3.05) is 36.1 Å². The van der Waals surface area contributed by atoms with Gasteiger partial charge in [0.05, 0.1) is 24.0 Å². The highest BCUT2D eigenvalue weighted by atomic mass is 19.1. The molecule has 0 spiro atoms. The minimum atomic E-state index is -0.515. The molecule has 1 aliphatic heterocycles.